The summed E-state index contributed by atoms with van der Waals surface area (Å²) in [4.78, 5) is 24.2. The van der Waals surface area contributed by atoms with E-state index in [0.717, 1.165) is 30.3 Å². The van der Waals surface area contributed by atoms with Crippen LogP contribution in [0.3, 0.4) is 0 Å². The molecule has 6 nitrogen and oxygen atoms in total. The lowest BCUT2D eigenvalue weighted by Gasteiger charge is -2.28. The van der Waals surface area contributed by atoms with E-state index in [1.807, 2.05) is 25.3 Å². The van der Waals surface area contributed by atoms with Gasteiger partial charge in [0.15, 0.2) is 0 Å². The zero-order valence-corrected chi connectivity index (χ0v) is 12.9. The molecule has 2 aromatic rings. The van der Waals surface area contributed by atoms with Crippen molar-refractivity contribution in [1.82, 2.24) is 14.9 Å². The number of aliphatic carboxylic acids is 1. The Hall–Kier alpha value is -2.37. The number of pyridine rings is 1. The molecule has 120 valence electrons. The Bertz CT molecular complexity index is 797. The van der Waals surface area contributed by atoms with Crippen molar-refractivity contribution in [3.05, 3.63) is 35.7 Å². The summed E-state index contributed by atoms with van der Waals surface area (Å²) in [6.45, 7) is 1.96. The van der Waals surface area contributed by atoms with Crippen LogP contribution in [-0.2, 0) is 4.79 Å². The summed E-state index contributed by atoms with van der Waals surface area (Å²) in [5, 5.41) is 16.7. The van der Waals surface area contributed by atoms with E-state index in [-0.39, 0.29) is 23.8 Å². The minimum atomic E-state index is -0.793. The van der Waals surface area contributed by atoms with Gasteiger partial charge in [-0.3, -0.25) is 9.59 Å². The van der Waals surface area contributed by atoms with Crippen LogP contribution in [0.4, 0.5) is 0 Å². The minimum absolute atomic E-state index is 0.203. The highest BCUT2D eigenvalue weighted by atomic mass is 16.4. The van der Waals surface area contributed by atoms with Gasteiger partial charge in [-0.2, -0.15) is 5.10 Å². The number of fused-ring (bicyclic) bond motifs is 3. The van der Waals surface area contributed by atoms with Crippen LogP contribution in [0.25, 0.3) is 5.52 Å². The smallest absolute Gasteiger partial charge is 0.308 e. The molecule has 2 aliphatic carbocycles. The molecule has 0 unspecified atom stereocenters. The second-order valence-corrected chi connectivity index (χ2v) is 6.79. The maximum absolute atomic E-state index is 12.7. The number of carboxylic acids is 1. The number of amides is 1. The predicted molar refractivity (Wildman–Crippen MR) is 83.1 cm³/mol. The highest BCUT2D eigenvalue weighted by molar-refractivity contribution is 6.01. The van der Waals surface area contributed by atoms with Crippen molar-refractivity contribution < 1.29 is 14.7 Å². The minimum Gasteiger partial charge on any atom is -0.481 e. The fourth-order valence-corrected chi connectivity index (χ4v) is 4.34. The van der Waals surface area contributed by atoms with E-state index in [0.29, 0.717) is 5.56 Å². The molecule has 0 spiro atoms. The molecule has 6 heteroatoms. The van der Waals surface area contributed by atoms with Gasteiger partial charge in [0.2, 0.25) is 0 Å². The molecule has 0 aliphatic heterocycles. The molecule has 2 fully saturated rings. The van der Waals surface area contributed by atoms with Gasteiger partial charge >= 0.3 is 5.97 Å². The monoisotopic (exact) mass is 313 g/mol. The van der Waals surface area contributed by atoms with E-state index < -0.39 is 11.9 Å². The fraction of sp³-hybridized carbons (Fsp3) is 0.471. The highest BCUT2D eigenvalue weighted by Crippen LogP contribution is 2.48. The first-order chi connectivity index (χ1) is 11.0. The number of nitrogens with zero attached hydrogens (tertiary/aromatic N) is 2. The first-order valence-corrected chi connectivity index (χ1v) is 8.02. The second-order valence-electron chi connectivity index (χ2n) is 6.79. The van der Waals surface area contributed by atoms with Gasteiger partial charge in [-0.15, -0.1) is 0 Å². The molecule has 4 rings (SSSR count). The van der Waals surface area contributed by atoms with Gasteiger partial charge in [0.05, 0.1) is 23.2 Å². The summed E-state index contributed by atoms with van der Waals surface area (Å²) < 4.78 is 1.66. The van der Waals surface area contributed by atoms with Gasteiger partial charge in [0.1, 0.15) is 0 Å². The molecule has 0 aromatic carbocycles. The van der Waals surface area contributed by atoms with E-state index in [4.69, 9.17) is 0 Å². The first kappa shape index (κ1) is 14.2. The van der Waals surface area contributed by atoms with Crippen LogP contribution in [0, 0.1) is 24.7 Å². The standard InChI is InChI=1S/C17H19N3O3/c1-9-4-5-20-13(6-9)12(8-18-20)16(21)19-15-11-3-2-10(7-11)14(15)17(22)23/h4-6,8,10-11,14-15H,2-3,7H2,1H3,(H,19,21)(H,22,23)/t10-,11+,14+,15-/m0/s1. The van der Waals surface area contributed by atoms with Crippen molar-refractivity contribution in [2.24, 2.45) is 17.8 Å². The van der Waals surface area contributed by atoms with Crippen LogP contribution in [0.1, 0.15) is 35.2 Å². The summed E-state index contributed by atoms with van der Waals surface area (Å²) in [5.74, 6) is -0.989. The Balaban J connectivity index is 1.62. The maximum atomic E-state index is 12.7. The molecule has 2 saturated carbocycles. The molecule has 23 heavy (non-hydrogen) atoms. The normalized spacial score (nSPS) is 29.1. The summed E-state index contributed by atoms with van der Waals surface area (Å²) in [6, 6.07) is 3.58. The summed E-state index contributed by atoms with van der Waals surface area (Å²) >= 11 is 0. The van der Waals surface area contributed by atoms with Gasteiger partial charge in [-0.1, -0.05) is 0 Å². The zero-order chi connectivity index (χ0) is 16.1. The lowest BCUT2D eigenvalue weighted by molar-refractivity contribution is -0.144. The Kier molecular flexibility index (Phi) is 3.14. The number of aromatic nitrogens is 2. The molecular weight excluding hydrogens is 294 g/mol. The number of hydrogen-bond donors (Lipinski definition) is 2. The van der Waals surface area contributed by atoms with Gasteiger partial charge in [-0.25, -0.2) is 4.52 Å². The Morgan fingerprint density at radius 1 is 1.35 bits per heavy atom. The van der Waals surface area contributed by atoms with Crippen molar-refractivity contribution in [2.45, 2.75) is 32.2 Å². The van der Waals surface area contributed by atoms with Gasteiger partial charge in [-0.05, 0) is 55.7 Å². The van der Waals surface area contributed by atoms with E-state index >= 15 is 0 Å². The largest absolute Gasteiger partial charge is 0.481 e. The zero-order valence-electron chi connectivity index (χ0n) is 12.9. The van der Waals surface area contributed by atoms with Crippen molar-refractivity contribution in [3.8, 4) is 0 Å². The fourth-order valence-electron chi connectivity index (χ4n) is 4.34. The number of carboxylic acid groups (broad SMARTS) is 1. The third-order valence-electron chi connectivity index (χ3n) is 5.42. The Morgan fingerprint density at radius 3 is 2.91 bits per heavy atom. The molecule has 2 bridgehead atoms. The van der Waals surface area contributed by atoms with Crippen molar-refractivity contribution in [3.63, 3.8) is 0 Å². The number of aryl methyl sites for hydroxylation is 1. The number of rotatable bonds is 3. The van der Waals surface area contributed by atoms with E-state index in [9.17, 15) is 14.7 Å². The quantitative estimate of drug-likeness (QED) is 0.906. The third-order valence-corrected chi connectivity index (χ3v) is 5.42. The van der Waals surface area contributed by atoms with Gasteiger partial charge < -0.3 is 10.4 Å². The van der Waals surface area contributed by atoms with Gasteiger partial charge in [0.25, 0.3) is 5.91 Å². The molecule has 2 N–H and O–H groups in total. The topological polar surface area (TPSA) is 83.7 Å². The number of carbonyl (C=O) groups excluding carboxylic acids is 1. The Labute approximate surface area is 133 Å². The van der Waals surface area contributed by atoms with Crippen LogP contribution in [0.15, 0.2) is 24.5 Å². The number of carbonyl (C=O) groups is 2. The molecule has 2 aliphatic rings. The molecular formula is C17H19N3O3. The van der Waals surface area contributed by atoms with Crippen molar-refractivity contribution in [2.75, 3.05) is 0 Å². The molecule has 4 atom stereocenters. The molecule has 2 aromatic heterocycles. The average molecular weight is 313 g/mol. The molecule has 2 heterocycles. The van der Waals surface area contributed by atoms with Gasteiger partial charge in [0, 0.05) is 12.2 Å². The number of nitrogens with one attached hydrogen (secondary N) is 1. The molecule has 0 radical (unpaired) electrons. The van der Waals surface area contributed by atoms with Crippen LogP contribution >= 0.6 is 0 Å². The van der Waals surface area contributed by atoms with Crippen LogP contribution in [-0.4, -0.2) is 32.6 Å². The second kappa shape index (κ2) is 5.08. The van der Waals surface area contributed by atoms with E-state index in [1.165, 1.54) is 0 Å². The van der Waals surface area contributed by atoms with Crippen LogP contribution in [0.5, 0.6) is 0 Å². The number of hydrogen-bond acceptors (Lipinski definition) is 3. The summed E-state index contributed by atoms with van der Waals surface area (Å²) in [7, 11) is 0. The average Bonchev–Trinajstić information content (AvgIpc) is 3.19. The molecule has 1 amide bonds. The van der Waals surface area contributed by atoms with Crippen LogP contribution in [0.2, 0.25) is 0 Å². The molecule has 0 saturated heterocycles. The van der Waals surface area contributed by atoms with Crippen molar-refractivity contribution in [1.29, 1.82) is 0 Å². The first-order valence-electron chi connectivity index (χ1n) is 8.02. The van der Waals surface area contributed by atoms with Crippen molar-refractivity contribution >= 4 is 17.4 Å². The predicted octanol–water partition coefficient (Wildman–Crippen LogP) is 1.87. The lowest BCUT2D eigenvalue weighted by atomic mass is 9.84. The maximum Gasteiger partial charge on any atom is 0.308 e. The van der Waals surface area contributed by atoms with E-state index in [1.54, 1.807) is 10.7 Å². The lowest BCUT2D eigenvalue weighted by Crippen LogP contribution is -2.46. The summed E-state index contributed by atoms with van der Waals surface area (Å²) in [6.07, 6.45) is 6.25. The third kappa shape index (κ3) is 2.20. The summed E-state index contributed by atoms with van der Waals surface area (Å²) in [5.41, 5.74) is 2.30. The Morgan fingerprint density at radius 2 is 2.13 bits per heavy atom. The van der Waals surface area contributed by atoms with Crippen LogP contribution < -0.4 is 5.32 Å². The van der Waals surface area contributed by atoms with E-state index in [2.05, 4.69) is 10.4 Å². The SMILES string of the molecule is Cc1ccn2ncc(C(=O)N[C@H]3[C@@H]4CC[C@@H](C4)[C@H]3C(=O)O)c2c1. The highest BCUT2D eigenvalue weighted by Gasteiger charge is 2.51.